The first-order valence-corrected chi connectivity index (χ1v) is 8.07. The third kappa shape index (κ3) is 2.60. The van der Waals surface area contributed by atoms with Gasteiger partial charge >= 0.3 is 0 Å². The largest absolute Gasteiger partial charge is 0.391 e. The summed E-state index contributed by atoms with van der Waals surface area (Å²) in [4.78, 5) is 2.74. The van der Waals surface area contributed by atoms with Crippen molar-refractivity contribution in [1.82, 2.24) is 9.21 Å². The van der Waals surface area contributed by atoms with Crippen molar-refractivity contribution in [1.29, 1.82) is 0 Å². The number of hydrogen-bond donors (Lipinski definition) is 1. The van der Waals surface area contributed by atoms with Crippen LogP contribution < -0.4 is 0 Å². The van der Waals surface area contributed by atoms with Gasteiger partial charge in [0, 0.05) is 24.0 Å². The third-order valence-electron chi connectivity index (χ3n) is 3.24. The maximum Gasteiger partial charge on any atom is 0.252 e. The van der Waals surface area contributed by atoms with Gasteiger partial charge < -0.3 is 10.0 Å². The average Bonchev–Trinajstić information content (AvgIpc) is 2.98. The van der Waals surface area contributed by atoms with Crippen LogP contribution in [0, 0.1) is 0 Å². The number of likely N-dealkylation sites (N-methyl/N-ethyl adjacent to an activating group) is 1. The smallest absolute Gasteiger partial charge is 0.252 e. The van der Waals surface area contributed by atoms with Crippen LogP contribution in [0.2, 0.25) is 0 Å². The molecule has 1 N–H and O–H groups in total. The number of thiophene rings is 1. The molecule has 0 radical (unpaired) electrons. The van der Waals surface area contributed by atoms with E-state index in [1.54, 1.807) is 12.1 Å². The second-order valence-electron chi connectivity index (χ2n) is 4.65. The Morgan fingerprint density at radius 3 is 2.72 bits per heavy atom. The number of rotatable bonds is 4. The second kappa shape index (κ2) is 5.26. The van der Waals surface area contributed by atoms with Crippen molar-refractivity contribution in [2.75, 3.05) is 27.2 Å². The van der Waals surface area contributed by atoms with Crippen LogP contribution in [-0.4, -0.2) is 56.0 Å². The summed E-state index contributed by atoms with van der Waals surface area (Å²) in [6, 6.07) is 3.53. The highest BCUT2D eigenvalue weighted by atomic mass is 32.2. The van der Waals surface area contributed by atoms with E-state index in [-0.39, 0.29) is 12.6 Å². The molecule has 5 nitrogen and oxygen atoms in total. The number of hydrogen-bond acceptors (Lipinski definition) is 5. The van der Waals surface area contributed by atoms with E-state index in [1.807, 2.05) is 14.1 Å². The molecule has 1 atom stereocenters. The maximum absolute atomic E-state index is 12.4. The summed E-state index contributed by atoms with van der Waals surface area (Å²) in [6.07, 6.45) is 0.866. The maximum atomic E-state index is 12.4. The normalized spacial score (nSPS) is 21.9. The number of nitrogens with zero attached hydrogens (tertiary/aromatic N) is 2. The van der Waals surface area contributed by atoms with Crippen LogP contribution >= 0.6 is 11.3 Å². The van der Waals surface area contributed by atoms with E-state index in [2.05, 4.69) is 4.90 Å². The van der Waals surface area contributed by atoms with Crippen LogP contribution in [0.15, 0.2) is 16.3 Å². The predicted molar refractivity (Wildman–Crippen MR) is 71.1 cm³/mol. The molecule has 0 spiro atoms. The lowest BCUT2D eigenvalue weighted by atomic mass is 10.2. The lowest BCUT2D eigenvalue weighted by Gasteiger charge is -2.19. The van der Waals surface area contributed by atoms with Crippen LogP contribution in [0.1, 0.15) is 11.3 Å². The molecule has 0 aliphatic carbocycles. The van der Waals surface area contributed by atoms with Gasteiger partial charge in [-0.05, 0) is 32.6 Å². The predicted octanol–water partition coefficient (Wildman–Crippen LogP) is 0.565. The van der Waals surface area contributed by atoms with Crippen molar-refractivity contribution in [3.8, 4) is 0 Å². The van der Waals surface area contributed by atoms with E-state index < -0.39 is 10.0 Å². The van der Waals surface area contributed by atoms with Gasteiger partial charge in [-0.1, -0.05) is 0 Å². The summed E-state index contributed by atoms with van der Waals surface area (Å²) < 4.78 is 26.6. The fraction of sp³-hybridized carbons (Fsp3) is 0.636. The van der Waals surface area contributed by atoms with Crippen molar-refractivity contribution < 1.29 is 13.5 Å². The van der Waals surface area contributed by atoms with E-state index >= 15 is 0 Å². The van der Waals surface area contributed by atoms with E-state index in [0.717, 1.165) is 17.8 Å². The molecule has 1 fully saturated rings. The molecule has 2 heterocycles. The minimum atomic E-state index is -3.38. The lowest BCUT2D eigenvalue weighted by Crippen LogP contribution is -2.34. The Labute approximate surface area is 112 Å². The van der Waals surface area contributed by atoms with Crippen molar-refractivity contribution in [2.45, 2.75) is 23.3 Å². The van der Waals surface area contributed by atoms with Gasteiger partial charge in [-0.15, -0.1) is 11.3 Å². The number of aliphatic hydroxyl groups excluding tert-OH is 1. The summed E-state index contributed by atoms with van der Waals surface area (Å²) in [5, 5.41) is 8.99. The summed E-state index contributed by atoms with van der Waals surface area (Å²) in [5.74, 6) is 0. The van der Waals surface area contributed by atoms with E-state index in [9.17, 15) is 8.42 Å². The Balaban J connectivity index is 2.17. The summed E-state index contributed by atoms with van der Waals surface area (Å²) in [6.45, 7) is 1.000. The van der Waals surface area contributed by atoms with Gasteiger partial charge in [0.15, 0.2) is 0 Å². The standard InChI is InChI=1S/C11H18N2O3S2/c1-12(2)9-5-6-13(7-9)18(15,16)11-4-3-10(8-14)17-11/h3-4,9,14H,5-8H2,1-2H3. The molecule has 1 aromatic heterocycles. The molecular formula is C11H18N2O3S2. The van der Waals surface area contributed by atoms with Crippen molar-refractivity contribution in [3.63, 3.8) is 0 Å². The minimum absolute atomic E-state index is 0.111. The molecule has 2 rings (SSSR count). The molecule has 1 aliphatic heterocycles. The van der Waals surface area contributed by atoms with Gasteiger partial charge in [0.1, 0.15) is 4.21 Å². The van der Waals surface area contributed by atoms with E-state index in [1.165, 1.54) is 4.31 Å². The topological polar surface area (TPSA) is 60.9 Å². The molecule has 0 bridgehead atoms. The zero-order valence-electron chi connectivity index (χ0n) is 10.5. The molecule has 0 amide bonds. The van der Waals surface area contributed by atoms with Crippen LogP contribution in [-0.2, 0) is 16.6 Å². The highest BCUT2D eigenvalue weighted by molar-refractivity contribution is 7.91. The van der Waals surface area contributed by atoms with Gasteiger partial charge in [0.2, 0.25) is 0 Å². The highest BCUT2D eigenvalue weighted by Gasteiger charge is 2.34. The third-order valence-corrected chi connectivity index (χ3v) is 6.65. The molecule has 1 aliphatic rings. The fourth-order valence-corrected chi connectivity index (χ4v) is 4.92. The van der Waals surface area contributed by atoms with Crippen molar-refractivity contribution >= 4 is 21.4 Å². The molecule has 0 aromatic carbocycles. The molecule has 18 heavy (non-hydrogen) atoms. The van der Waals surface area contributed by atoms with Gasteiger partial charge in [-0.2, -0.15) is 4.31 Å². The Morgan fingerprint density at radius 1 is 1.50 bits per heavy atom. The Bertz CT molecular complexity index is 510. The zero-order valence-corrected chi connectivity index (χ0v) is 12.2. The van der Waals surface area contributed by atoms with E-state index in [4.69, 9.17) is 5.11 Å². The molecular weight excluding hydrogens is 272 g/mol. The zero-order chi connectivity index (χ0) is 13.3. The minimum Gasteiger partial charge on any atom is -0.391 e. The fourth-order valence-electron chi connectivity index (χ4n) is 2.06. The van der Waals surface area contributed by atoms with Gasteiger partial charge in [0.05, 0.1) is 6.61 Å². The number of sulfonamides is 1. The highest BCUT2D eigenvalue weighted by Crippen LogP contribution is 2.28. The Kier molecular flexibility index (Phi) is 4.08. The van der Waals surface area contributed by atoms with Crippen LogP contribution in [0.4, 0.5) is 0 Å². The SMILES string of the molecule is CN(C)C1CCN(S(=O)(=O)c2ccc(CO)s2)C1. The van der Waals surface area contributed by atoms with Gasteiger partial charge in [0.25, 0.3) is 10.0 Å². The number of aliphatic hydroxyl groups is 1. The molecule has 1 aromatic rings. The van der Waals surface area contributed by atoms with Crippen molar-refractivity contribution in [3.05, 3.63) is 17.0 Å². The lowest BCUT2D eigenvalue weighted by molar-refractivity contribution is 0.285. The molecule has 1 unspecified atom stereocenters. The van der Waals surface area contributed by atoms with Gasteiger partial charge in [-0.3, -0.25) is 0 Å². The molecule has 102 valence electrons. The van der Waals surface area contributed by atoms with E-state index in [0.29, 0.717) is 22.2 Å². The molecule has 1 saturated heterocycles. The first kappa shape index (κ1) is 14.0. The summed E-state index contributed by atoms with van der Waals surface area (Å²) in [5.41, 5.74) is 0. The summed E-state index contributed by atoms with van der Waals surface area (Å²) in [7, 11) is 0.556. The molecule has 7 heteroatoms. The molecule has 0 saturated carbocycles. The van der Waals surface area contributed by atoms with Crippen molar-refractivity contribution in [2.24, 2.45) is 0 Å². The summed E-state index contributed by atoms with van der Waals surface area (Å²) >= 11 is 1.14. The second-order valence-corrected chi connectivity index (χ2v) is 7.98. The van der Waals surface area contributed by atoms with Crippen LogP contribution in [0.25, 0.3) is 0 Å². The Morgan fingerprint density at radius 2 is 2.22 bits per heavy atom. The first-order chi connectivity index (χ1) is 8.45. The van der Waals surface area contributed by atoms with Crippen LogP contribution in [0.5, 0.6) is 0 Å². The average molecular weight is 290 g/mol. The quantitative estimate of drug-likeness (QED) is 0.880. The Hall–Kier alpha value is -0.470. The van der Waals surface area contributed by atoms with Crippen LogP contribution in [0.3, 0.4) is 0 Å². The van der Waals surface area contributed by atoms with Gasteiger partial charge in [-0.25, -0.2) is 8.42 Å². The first-order valence-electron chi connectivity index (χ1n) is 5.81. The monoisotopic (exact) mass is 290 g/mol.